The average molecular weight is 201 g/mol. The smallest absolute Gasteiger partial charge is 0.309 e. The quantitative estimate of drug-likeness (QED) is 0.654. The van der Waals surface area contributed by atoms with Crippen LogP contribution >= 0.6 is 0 Å². The summed E-state index contributed by atoms with van der Waals surface area (Å²) in [5.74, 6) is -2.18. The first-order valence-electron chi connectivity index (χ1n) is 2.81. The van der Waals surface area contributed by atoms with Crippen molar-refractivity contribution in [3.63, 3.8) is 0 Å². The molecule has 11 heavy (non-hydrogen) atoms. The van der Waals surface area contributed by atoms with Crippen molar-refractivity contribution in [2.24, 2.45) is 5.41 Å². The number of carbonyl (C=O) groups is 2. The van der Waals surface area contributed by atoms with Crippen LogP contribution in [-0.2, 0) is 26.7 Å². The topological polar surface area (TPSA) is 74.6 Å². The van der Waals surface area contributed by atoms with Gasteiger partial charge in [0.2, 0.25) is 0 Å². The molecule has 0 bridgehead atoms. The molecule has 0 aliphatic carbocycles. The Balaban J connectivity index is 0. The molecule has 0 rings (SSSR count). The fourth-order valence-electron chi connectivity index (χ4n) is 0.454. The molecule has 0 amide bonds. The Labute approximate surface area is 75.1 Å². The minimum absolute atomic E-state index is 0. The van der Waals surface area contributed by atoms with Crippen LogP contribution < -0.4 is 0 Å². The number of hydrogen-bond acceptors (Lipinski definition) is 2. The Kier molecular flexibility index (Phi) is 5.18. The molecular formula is C6H10MnO4. The van der Waals surface area contributed by atoms with Crippen LogP contribution in [-0.4, -0.2) is 22.2 Å². The summed E-state index contributed by atoms with van der Waals surface area (Å²) in [5.41, 5.74) is -1.16. The largest absolute Gasteiger partial charge is 0.481 e. The second-order valence-electron chi connectivity index (χ2n) is 2.76. The van der Waals surface area contributed by atoms with Gasteiger partial charge in [0.1, 0.15) is 0 Å². The number of hydrogen-bond donors (Lipinski definition) is 2. The molecule has 0 fully saturated rings. The van der Waals surface area contributed by atoms with Crippen LogP contribution in [0.2, 0.25) is 0 Å². The molecule has 2 N–H and O–H groups in total. The molecule has 65 valence electrons. The molecule has 0 atom stereocenters. The molecule has 0 aromatic heterocycles. The predicted octanol–water partition coefficient (Wildman–Crippen LogP) is 0.569. The van der Waals surface area contributed by atoms with E-state index in [4.69, 9.17) is 10.2 Å². The minimum atomic E-state index is -1.16. The molecule has 0 spiro atoms. The van der Waals surface area contributed by atoms with Gasteiger partial charge in [-0.15, -0.1) is 0 Å². The third kappa shape index (κ3) is 4.81. The number of aliphatic carboxylic acids is 2. The van der Waals surface area contributed by atoms with E-state index in [0.29, 0.717) is 0 Å². The Morgan fingerprint density at radius 2 is 1.64 bits per heavy atom. The second-order valence-corrected chi connectivity index (χ2v) is 2.76. The van der Waals surface area contributed by atoms with Gasteiger partial charge < -0.3 is 10.2 Å². The number of rotatable bonds is 3. The van der Waals surface area contributed by atoms with E-state index in [-0.39, 0.29) is 23.5 Å². The Morgan fingerprint density at radius 1 is 1.27 bits per heavy atom. The molecule has 0 aromatic carbocycles. The first-order valence-corrected chi connectivity index (χ1v) is 2.81. The van der Waals surface area contributed by atoms with Crippen molar-refractivity contribution < 1.29 is 36.9 Å². The zero-order chi connectivity index (χ0) is 8.36. The monoisotopic (exact) mass is 201 g/mol. The minimum Gasteiger partial charge on any atom is -0.481 e. The van der Waals surface area contributed by atoms with Crippen molar-refractivity contribution in [3.05, 3.63) is 0 Å². The van der Waals surface area contributed by atoms with Crippen molar-refractivity contribution >= 4 is 11.9 Å². The number of carboxylic acids is 2. The third-order valence-corrected chi connectivity index (χ3v) is 1.17. The summed E-state index contributed by atoms with van der Waals surface area (Å²) in [7, 11) is 0. The first kappa shape index (κ1) is 13.1. The molecule has 0 aromatic rings. The summed E-state index contributed by atoms with van der Waals surface area (Å²) < 4.78 is 0. The van der Waals surface area contributed by atoms with Crippen molar-refractivity contribution in [1.82, 2.24) is 0 Å². The fraction of sp³-hybridized carbons (Fsp3) is 0.667. The molecule has 1 radical (unpaired) electrons. The normalized spacial score (nSPS) is 10.0. The first-order chi connectivity index (χ1) is 4.36. The van der Waals surface area contributed by atoms with Crippen LogP contribution in [0.15, 0.2) is 0 Å². The molecule has 0 aliphatic heterocycles. The van der Waals surface area contributed by atoms with Gasteiger partial charge in [-0.1, -0.05) is 0 Å². The number of carboxylic acid groups (broad SMARTS) is 2. The molecule has 0 saturated carbocycles. The molecule has 0 unspecified atom stereocenters. The Morgan fingerprint density at radius 3 is 1.73 bits per heavy atom. The standard InChI is InChI=1S/C6H10O4.Mn/c1-6(2,5(9)10)3-4(7)8;/h3H2,1-2H3,(H,7,8)(H,9,10);. The fourth-order valence-corrected chi connectivity index (χ4v) is 0.454. The van der Waals surface area contributed by atoms with Crippen LogP contribution in [0.25, 0.3) is 0 Å². The molecule has 4 nitrogen and oxygen atoms in total. The maximum absolute atomic E-state index is 10.3. The summed E-state index contributed by atoms with van der Waals surface area (Å²) in [5, 5.41) is 16.7. The molecule has 0 aliphatic rings. The van der Waals surface area contributed by atoms with Crippen LogP contribution in [0, 0.1) is 5.41 Å². The van der Waals surface area contributed by atoms with E-state index in [9.17, 15) is 9.59 Å². The molecular weight excluding hydrogens is 191 g/mol. The third-order valence-electron chi connectivity index (χ3n) is 1.17. The van der Waals surface area contributed by atoms with E-state index >= 15 is 0 Å². The van der Waals surface area contributed by atoms with E-state index in [1.165, 1.54) is 13.8 Å². The van der Waals surface area contributed by atoms with Gasteiger partial charge in [-0.3, -0.25) is 9.59 Å². The molecule has 0 saturated heterocycles. The van der Waals surface area contributed by atoms with Crippen molar-refractivity contribution in [2.75, 3.05) is 0 Å². The van der Waals surface area contributed by atoms with E-state index in [1.807, 2.05) is 0 Å². The van der Waals surface area contributed by atoms with Crippen molar-refractivity contribution in [3.8, 4) is 0 Å². The second kappa shape index (κ2) is 4.36. The van der Waals surface area contributed by atoms with E-state index in [0.717, 1.165) is 0 Å². The van der Waals surface area contributed by atoms with E-state index < -0.39 is 17.4 Å². The van der Waals surface area contributed by atoms with Crippen molar-refractivity contribution in [2.45, 2.75) is 20.3 Å². The summed E-state index contributed by atoms with van der Waals surface area (Å²) in [6.45, 7) is 2.76. The summed E-state index contributed by atoms with van der Waals surface area (Å²) >= 11 is 0. The average Bonchev–Trinajstić information content (AvgIpc) is 1.60. The van der Waals surface area contributed by atoms with E-state index in [2.05, 4.69) is 0 Å². The molecule has 5 heteroatoms. The summed E-state index contributed by atoms with van der Waals surface area (Å²) in [6, 6.07) is 0. The maximum Gasteiger partial charge on any atom is 0.309 e. The van der Waals surface area contributed by atoms with Gasteiger partial charge in [0.15, 0.2) is 0 Å². The SMILES string of the molecule is CC(C)(CC(=O)O)C(=O)O.[Mn]. The van der Waals surface area contributed by atoms with Gasteiger partial charge in [-0.2, -0.15) is 0 Å². The van der Waals surface area contributed by atoms with Gasteiger partial charge >= 0.3 is 11.9 Å². The van der Waals surface area contributed by atoms with Gasteiger partial charge in [-0.05, 0) is 13.8 Å². The summed E-state index contributed by atoms with van der Waals surface area (Å²) in [6.07, 6.45) is -0.345. The molecule has 0 heterocycles. The van der Waals surface area contributed by atoms with E-state index in [1.54, 1.807) is 0 Å². The Hall–Kier alpha value is -0.541. The van der Waals surface area contributed by atoms with Crippen LogP contribution in [0.4, 0.5) is 0 Å². The van der Waals surface area contributed by atoms with Gasteiger partial charge in [0, 0.05) is 17.1 Å². The van der Waals surface area contributed by atoms with Gasteiger partial charge in [0.05, 0.1) is 11.8 Å². The van der Waals surface area contributed by atoms with Crippen LogP contribution in [0.1, 0.15) is 20.3 Å². The van der Waals surface area contributed by atoms with Gasteiger partial charge in [0.25, 0.3) is 0 Å². The zero-order valence-electron chi connectivity index (χ0n) is 6.30. The predicted molar refractivity (Wildman–Crippen MR) is 33.7 cm³/mol. The maximum atomic E-state index is 10.3. The Bertz CT molecular complexity index is 164. The van der Waals surface area contributed by atoms with Crippen LogP contribution in [0.3, 0.4) is 0 Å². The van der Waals surface area contributed by atoms with Crippen LogP contribution in [0.5, 0.6) is 0 Å². The zero-order valence-corrected chi connectivity index (χ0v) is 7.48. The summed E-state index contributed by atoms with van der Waals surface area (Å²) in [4.78, 5) is 20.3. The van der Waals surface area contributed by atoms with Gasteiger partial charge in [-0.25, -0.2) is 0 Å². The van der Waals surface area contributed by atoms with Crippen molar-refractivity contribution in [1.29, 1.82) is 0 Å².